The Bertz CT molecular complexity index is 1250. The SMILES string of the molecule is O=C(NCc1nc2ccccc2n1CC(=O)N1CCCc2ccccc21)c1cccs1. The maximum Gasteiger partial charge on any atom is 0.261 e. The summed E-state index contributed by atoms with van der Waals surface area (Å²) in [6, 6.07) is 19.5. The van der Waals surface area contributed by atoms with E-state index in [1.165, 1.54) is 16.9 Å². The van der Waals surface area contributed by atoms with Crippen LogP contribution in [0.2, 0.25) is 0 Å². The highest BCUT2D eigenvalue weighted by Gasteiger charge is 2.24. The molecule has 156 valence electrons. The summed E-state index contributed by atoms with van der Waals surface area (Å²) < 4.78 is 1.92. The molecule has 2 aromatic heterocycles. The Morgan fingerprint density at radius 3 is 2.74 bits per heavy atom. The highest BCUT2D eigenvalue weighted by atomic mass is 32.1. The van der Waals surface area contributed by atoms with Gasteiger partial charge in [-0.3, -0.25) is 9.59 Å². The fraction of sp³-hybridized carbons (Fsp3) is 0.208. The third-order valence-electron chi connectivity index (χ3n) is 5.59. The van der Waals surface area contributed by atoms with Crippen molar-refractivity contribution in [1.29, 1.82) is 0 Å². The second-order valence-electron chi connectivity index (χ2n) is 7.54. The fourth-order valence-corrected chi connectivity index (χ4v) is 4.74. The number of nitrogens with zero attached hydrogens (tertiary/aromatic N) is 3. The standard InChI is InChI=1S/C24H22N4O2S/c29-23(27-13-5-8-17-7-1-3-10-19(17)27)16-28-20-11-4-2-9-18(20)26-22(28)15-25-24(30)21-12-6-14-31-21/h1-4,6-7,9-12,14H,5,8,13,15-16H2,(H,25,30). The highest BCUT2D eigenvalue weighted by Crippen LogP contribution is 2.27. The molecule has 1 aliphatic rings. The van der Waals surface area contributed by atoms with Crippen LogP contribution in [0.4, 0.5) is 5.69 Å². The van der Waals surface area contributed by atoms with E-state index in [9.17, 15) is 9.59 Å². The summed E-state index contributed by atoms with van der Waals surface area (Å²) in [5.41, 5.74) is 3.91. The van der Waals surface area contributed by atoms with Crippen LogP contribution in [0.1, 0.15) is 27.5 Å². The molecule has 5 rings (SSSR count). The Labute approximate surface area is 184 Å². The van der Waals surface area contributed by atoms with Crippen molar-refractivity contribution in [3.8, 4) is 0 Å². The number of aryl methyl sites for hydroxylation is 1. The molecule has 0 aliphatic carbocycles. The minimum atomic E-state index is -0.134. The average Bonchev–Trinajstić information content (AvgIpc) is 3.46. The van der Waals surface area contributed by atoms with E-state index in [-0.39, 0.29) is 24.9 Å². The molecule has 2 amide bonds. The van der Waals surface area contributed by atoms with Gasteiger partial charge in [-0.1, -0.05) is 36.4 Å². The summed E-state index contributed by atoms with van der Waals surface area (Å²) in [5.74, 6) is 0.566. The van der Waals surface area contributed by atoms with Crippen LogP contribution in [-0.2, 0) is 24.3 Å². The Morgan fingerprint density at radius 2 is 1.87 bits per heavy atom. The van der Waals surface area contributed by atoms with E-state index >= 15 is 0 Å². The largest absolute Gasteiger partial charge is 0.344 e. The van der Waals surface area contributed by atoms with Crippen LogP contribution in [0.15, 0.2) is 66.0 Å². The van der Waals surface area contributed by atoms with Gasteiger partial charge in [-0.05, 0) is 48.1 Å². The van der Waals surface area contributed by atoms with Gasteiger partial charge in [0.2, 0.25) is 5.91 Å². The molecule has 0 bridgehead atoms. The first kappa shape index (κ1) is 19.5. The number of thiophene rings is 1. The number of carbonyl (C=O) groups excluding carboxylic acids is 2. The summed E-state index contributed by atoms with van der Waals surface area (Å²) in [7, 11) is 0. The molecule has 2 aromatic carbocycles. The number of rotatable bonds is 5. The Morgan fingerprint density at radius 1 is 1.03 bits per heavy atom. The van der Waals surface area contributed by atoms with E-state index in [4.69, 9.17) is 0 Å². The van der Waals surface area contributed by atoms with Crippen molar-refractivity contribution in [2.45, 2.75) is 25.9 Å². The molecule has 0 atom stereocenters. The van der Waals surface area contributed by atoms with Gasteiger partial charge in [0.15, 0.2) is 0 Å². The smallest absolute Gasteiger partial charge is 0.261 e. The lowest BCUT2D eigenvalue weighted by Crippen LogP contribution is -2.38. The van der Waals surface area contributed by atoms with Gasteiger partial charge in [0.25, 0.3) is 5.91 Å². The first-order chi connectivity index (χ1) is 15.2. The van der Waals surface area contributed by atoms with E-state index in [0.29, 0.717) is 17.2 Å². The maximum absolute atomic E-state index is 13.3. The minimum Gasteiger partial charge on any atom is -0.344 e. The van der Waals surface area contributed by atoms with Crippen LogP contribution in [0, 0.1) is 0 Å². The summed E-state index contributed by atoms with van der Waals surface area (Å²) in [5, 5.41) is 4.81. The molecule has 0 fully saturated rings. The molecule has 0 saturated carbocycles. The van der Waals surface area contributed by atoms with Crippen molar-refractivity contribution in [3.05, 3.63) is 82.3 Å². The van der Waals surface area contributed by atoms with Gasteiger partial charge in [-0.25, -0.2) is 4.98 Å². The van der Waals surface area contributed by atoms with Gasteiger partial charge in [-0.2, -0.15) is 0 Å². The number of benzene rings is 2. The first-order valence-corrected chi connectivity index (χ1v) is 11.2. The number of imidazole rings is 1. The third-order valence-corrected chi connectivity index (χ3v) is 6.46. The van der Waals surface area contributed by atoms with Gasteiger partial charge < -0.3 is 14.8 Å². The lowest BCUT2D eigenvalue weighted by Gasteiger charge is -2.29. The molecule has 0 saturated heterocycles. The van der Waals surface area contributed by atoms with E-state index < -0.39 is 0 Å². The number of amides is 2. The molecular weight excluding hydrogens is 408 g/mol. The van der Waals surface area contributed by atoms with Crippen LogP contribution in [0.25, 0.3) is 11.0 Å². The number of hydrogen-bond donors (Lipinski definition) is 1. The van der Waals surface area contributed by atoms with Gasteiger partial charge in [-0.15, -0.1) is 11.3 Å². The second kappa shape index (κ2) is 8.35. The molecule has 0 spiro atoms. The number of aromatic nitrogens is 2. The van der Waals surface area contributed by atoms with Crippen LogP contribution >= 0.6 is 11.3 Å². The van der Waals surface area contributed by atoms with Crippen molar-refractivity contribution < 1.29 is 9.59 Å². The summed E-state index contributed by atoms with van der Waals surface area (Å²) in [6.07, 6.45) is 1.95. The fourth-order valence-electron chi connectivity index (χ4n) is 4.10. The molecule has 0 radical (unpaired) electrons. The molecule has 6 nitrogen and oxygen atoms in total. The van der Waals surface area contributed by atoms with Gasteiger partial charge in [0.05, 0.1) is 22.5 Å². The number of anilines is 1. The molecule has 31 heavy (non-hydrogen) atoms. The normalized spacial score (nSPS) is 13.2. The highest BCUT2D eigenvalue weighted by molar-refractivity contribution is 7.12. The summed E-state index contributed by atoms with van der Waals surface area (Å²) in [4.78, 5) is 33.0. The lowest BCUT2D eigenvalue weighted by molar-refractivity contribution is -0.119. The average molecular weight is 431 g/mol. The molecule has 4 aromatic rings. The molecule has 0 unspecified atom stereocenters. The number of fused-ring (bicyclic) bond motifs is 2. The third kappa shape index (κ3) is 3.84. The van der Waals surface area contributed by atoms with Gasteiger partial charge in [0.1, 0.15) is 12.4 Å². The predicted molar refractivity (Wildman–Crippen MR) is 122 cm³/mol. The second-order valence-corrected chi connectivity index (χ2v) is 8.49. The zero-order valence-corrected chi connectivity index (χ0v) is 17.8. The van der Waals surface area contributed by atoms with Gasteiger partial charge in [0, 0.05) is 12.2 Å². The van der Waals surface area contributed by atoms with Crippen molar-refractivity contribution in [2.75, 3.05) is 11.4 Å². The van der Waals surface area contributed by atoms with Crippen molar-refractivity contribution in [1.82, 2.24) is 14.9 Å². The number of hydrogen-bond acceptors (Lipinski definition) is 4. The summed E-state index contributed by atoms with van der Waals surface area (Å²) in [6.45, 7) is 1.15. The predicted octanol–water partition coefficient (Wildman–Crippen LogP) is 4.01. The first-order valence-electron chi connectivity index (χ1n) is 10.3. The Hall–Kier alpha value is -3.45. The molecule has 1 N–H and O–H groups in total. The van der Waals surface area contributed by atoms with Crippen LogP contribution < -0.4 is 10.2 Å². The maximum atomic E-state index is 13.3. The monoisotopic (exact) mass is 430 g/mol. The van der Waals surface area contributed by atoms with Crippen LogP contribution in [0.3, 0.4) is 0 Å². The Balaban J connectivity index is 1.42. The molecule has 1 aliphatic heterocycles. The van der Waals surface area contributed by atoms with Gasteiger partial charge >= 0.3 is 0 Å². The Kier molecular flexibility index (Phi) is 5.26. The quantitative estimate of drug-likeness (QED) is 0.520. The van der Waals surface area contributed by atoms with Crippen LogP contribution in [0.5, 0.6) is 0 Å². The molecule has 3 heterocycles. The van der Waals surface area contributed by atoms with E-state index in [2.05, 4.69) is 16.4 Å². The number of nitrogens with one attached hydrogen (secondary N) is 1. The zero-order valence-electron chi connectivity index (χ0n) is 17.0. The molecule has 7 heteroatoms. The van der Waals surface area contributed by atoms with E-state index in [1.54, 1.807) is 6.07 Å². The number of carbonyl (C=O) groups is 2. The van der Waals surface area contributed by atoms with Crippen molar-refractivity contribution in [2.24, 2.45) is 0 Å². The van der Waals surface area contributed by atoms with E-state index in [1.807, 2.05) is 63.4 Å². The minimum absolute atomic E-state index is 0.0288. The molecular formula is C24H22N4O2S. The zero-order chi connectivity index (χ0) is 21.2. The van der Waals surface area contributed by atoms with Crippen molar-refractivity contribution >= 4 is 39.9 Å². The summed E-state index contributed by atoms with van der Waals surface area (Å²) >= 11 is 1.40. The lowest BCUT2D eigenvalue weighted by atomic mass is 10.0. The number of para-hydroxylation sites is 3. The topological polar surface area (TPSA) is 67.2 Å². The van der Waals surface area contributed by atoms with E-state index in [0.717, 1.165) is 29.6 Å². The van der Waals surface area contributed by atoms with Crippen LogP contribution in [-0.4, -0.2) is 27.9 Å². The van der Waals surface area contributed by atoms with Crippen molar-refractivity contribution in [3.63, 3.8) is 0 Å².